The highest BCUT2D eigenvalue weighted by atomic mass is 35.5. The van der Waals surface area contributed by atoms with E-state index >= 15 is 0 Å². The number of hydrogen-bond acceptors (Lipinski definition) is 4. The van der Waals surface area contributed by atoms with Crippen LogP contribution in [0.5, 0.6) is 0 Å². The molecule has 0 amide bonds. The number of nitrogens with zero attached hydrogens (tertiary/aromatic N) is 1. The summed E-state index contributed by atoms with van der Waals surface area (Å²) in [5.41, 5.74) is 2.90. The Hall–Kier alpha value is -1.61. The second-order valence-electron chi connectivity index (χ2n) is 6.32. The summed E-state index contributed by atoms with van der Waals surface area (Å²) in [6.45, 7) is 0.689. The number of nitrogens with one attached hydrogen (secondary N) is 1. The summed E-state index contributed by atoms with van der Waals surface area (Å²) in [4.78, 5) is 0. The topological polar surface area (TPSA) is 83.6 Å². The van der Waals surface area contributed by atoms with Crippen LogP contribution in [0.25, 0.3) is 0 Å². The predicted molar refractivity (Wildman–Crippen MR) is 103 cm³/mol. The lowest BCUT2D eigenvalue weighted by molar-refractivity contribution is 0.395. The second kappa shape index (κ2) is 7.19. The minimum Gasteiger partial charge on any atom is -0.283 e. The zero-order valence-electron chi connectivity index (χ0n) is 14.1. The van der Waals surface area contributed by atoms with Crippen molar-refractivity contribution in [2.24, 2.45) is 0 Å². The molecule has 3 rings (SSSR count). The first-order chi connectivity index (χ1) is 12.1. The van der Waals surface area contributed by atoms with E-state index in [0.29, 0.717) is 29.2 Å². The largest absolute Gasteiger partial charge is 0.283 e. The number of sulfonamides is 2. The van der Waals surface area contributed by atoms with Crippen LogP contribution in [0.2, 0.25) is 5.02 Å². The summed E-state index contributed by atoms with van der Waals surface area (Å²) in [6.07, 6.45) is 1.79. The summed E-state index contributed by atoms with van der Waals surface area (Å²) >= 11 is 5.81. The van der Waals surface area contributed by atoms with Crippen LogP contribution in [-0.2, 0) is 38.8 Å². The highest BCUT2D eigenvalue weighted by Crippen LogP contribution is 2.25. The lowest BCUT2D eigenvalue weighted by atomic mass is 10.0. The van der Waals surface area contributed by atoms with Crippen molar-refractivity contribution in [1.29, 1.82) is 0 Å². The molecule has 0 unspecified atom stereocenters. The number of hydrogen-bond donors (Lipinski definition) is 1. The molecule has 140 valence electrons. The first kappa shape index (κ1) is 19.2. The standard InChI is InChI=1S/C17H19ClN2O4S2/c1-25(21,22)20-9-8-14-4-7-17(10-15(14)11-20)19-26(23,24)12-13-2-5-16(18)6-3-13/h2-7,10,19H,8-9,11-12H2,1H3. The number of fused-ring (bicyclic) bond motifs is 1. The SMILES string of the molecule is CS(=O)(=O)N1CCc2ccc(NS(=O)(=O)Cc3ccc(Cl)cc3)cc2C1. The molecule has 0 fully saturated rings. The van der Waals surface area contributed by atoms with Crippen molar-refractivity contribution in [2.75, 3.05) is 17.5 Å². The highest BCUT2D eigenvalue weighted by Gasteiger charge is 2.23. The Morgan fingerprint density at radius 3 is 2.38 bits per heavy atom. The Labute approximate surface area is 158 Å². The molecule has 6 nitrogen and oxygen atoms in total. The molecule has 0 aliphatic carbocycles. The average Bonchev–Trinajstić information content (AvgIpc) is 2.55. The fourth-order valence-electron chi connectivity index (χ4n) is 2.89. The molecule has 0 saturated carbocycles. The van der Waals surface area contributed by atoms with E-state index in [2.05, 4.69) is 4.72 Å². The fourth-order valence-corrected chi connectivity index (χ4v) is 5.01. The third-order valence-electron chi connectivity index (χ3n) is 4.20. The van der Waals surface area contributed by atoms with Crippen LogP contribution in [0, 0.1) is 0 Å². The molecule has 0 radical (unpaired) electrons. The summed E-state index contributed by atoms with van der Waals surface area (Å²) < 4.78 is 52.2. The molecule has 1 aliphatic heterocycles. The van der Waals surface area contributed by atoms with Gasteiger partial charge in [0.05, 0.1) is 12.0 Å². The number of rotatable bonds is 5. The fraction of sp³-hybridized carbons (Fsp3) is 0.294. The van der Waals surface area contributed by atoms with Gasteiger partial charge in [0, 0.05) is 23.8 Å². The van der Waals surface area contributed by atoms with Crippen molar-refractivity contribution in [3.05, 3.63) is 64.2 Å². The van der Waals surface area contributed by atoms with Gasteiger partial charge in [0.15, 0.2) is 0 Å². The molecular formula is C17H19ClN2O4S2. The Morgan fingerprint density at radius 1 is 1.04 bits per heavy atom. The molecule has 26 heavy (non-hydrogen) atoms. The van der Waals surface area contributed by atoms with Crippen molar-refractivity contribution in [3.63, 3.8) is 0 Å². The maximum absolute atomic E-state index is 12.4. The van der Waals surface area contributed by atoms with Gasteiger partial charge in [0.2, 0.25) is 20.0 Å². The predicted octanol–water partition coefficient (Wildman–Crippen LogP) is 2.60. The van der Waals surface area contributed by atoms with Gasteiger partial charge in [0.1, 0.15) is 0 Å². The third kappa shape index (κ3) is 4.76. The Bertz CT molecular complexity index is 1020. The van der Waals surface area contributed by atoms with Crippen LogP contribution in [0.4, 0.5) is 5.69 Å². The normalized spacial score (nSPS) is 15.5. The van der Waals surface area contributed by atoms with Gasteiger partial charge >= 0.3 is 0 Å². The molecule has 2 aromatic rings. The van der Waals surface area contributed by atoms with Crippen LogP contribution >= 0.6 is 11.6 Å². The van der Waals surface area contributed by atoms with Crippen molar-refractivity contribution < 1.29 is 16.8 Å². The van der Waals surface area contributed by atoms with E-state index in [9.17, 15) is 16.8 Å². The van der Waals surface area contributed by atoms with Crippen LogP contribution in [-0.4, -0.2) is 33.9 Å². The first-order valence-corrected chi connectivity index (χ1v) is 11.8. The summed E-state index contributed by atoms with van der Waals surface area (Å²) in [5, 5.41) is 0.546. The summed E-state index contributed by atoms with van der Waals surface area (Å²) in [7, 11) is -6.87. The molecule has 1 aliphatic rings. The maximum Gasteiger partial charge on any atom is 0.236 e. The zero-order chi connectivity index (χ0) is 18.9. The molecule has 0 saturated heterocycles. The molecule has 9 heteroatoms. The maximum atomic E-state index is 12.4. The molecule has 1 N–H and O–H groups in total. The van der Waals surface area contributed by atoms with Crippen LogP contribution in [0.1, 0.15) is 16.7 Å². The van der Waals surface area contributed by atoms with E-state index in [1.54, 1.807) is 36.4 Å². The van der Waals surface area contributed by atoms with Gasteiger partial charge in [-0.25, -0.2) is 16.8 Å². The van der Waals surface area contributed by atoms with E-state index in [-0.39, 0.29) is 12.3 Å². The molecule has 1 heterocycles. The lowest BCUT2D eigenvalue weighted by Gasteiger charge is -2.27. The molecule has 0 atom stereocenters. The number of halogens is 1. The van der Waals surface area contributed by atoms with E-state index in [1.807, 2.05) is 6.07 Å². The van der Waals surface area contributed by atoms with E-state index in [4.69, 9.17) is 11.6 Å². The van der Waals surface area contributed by atoms with Gasteiger partial charge < -0.3 is 0 Å². The minimum absolute atomic E-state index is 0.170. The van der Waals surface area contributed by atoms with Gasteiger partial charge in [0.25, 0.3) is 0 Å². The smallest absolute Gasteiger partial charge is 0.236 e. The Balaban J connectivity index is 1.77. The molecule has 0 spiro atoms. The van der Waals surface area contributed by atoms with Crippen LogP contribution < -0.4 is 4.72 Å². The van der Waals surface area contributed by atoms with Gasteiger partial charge in [-0.1, -0.05) is 29.8 Å². The second-order valence-corrected chi connectivity index (χ2v) is 10.5. The van der Waals surface area contributed by atoms with Gasteiger partial charge in [-0.05, 0) is 47.4 Å². The van der Waals surface area contributed by atoms with E-state index in [1.165, 1.54) is 10.6 Å². The third-order valence-corrected chi connectivity index (χ3v) is 6.96. The summed E-state index contributed by atoms with van der Waals surface area (Å²) in [6, 6.07) is 11.9. The Kier molecular flexibility index (Phi) is 5.30. The molecule has 2 aromatic carbocycles. The quantitative estimate of drug-likeness (QED) is 0.815. The lowest BCUT2D eigenvalue weighted by Crippen LogP contribution is -2.35. The Morgan fingerprint density at radius 2 is 1.73 bits per heavy atom. The number of benzene rings is 2. The van der Waals surface area contributed by atoms with Crippen molar-refractivity contribution >= 4 is 37.3 Å². The summed E-state index contributed by atoms with van der Waals surface area (Å²) in [5.74, 6) is -0.170. The van der Waals surface area contributed by atoms with Crippen LogP contribution in [0.15, 0.2) is 42.5 Å². The van der Waals surface area contributed by atoms with Gasteiger partial charge in [-0.2, -0.15) is 4.31 Å². The number of anilines is 1. The first-order valence-electron chi connectivity index (χ1n) is 7.94. The van der Waals surface area contributed by atoms with Gasteiger partial charge in [-0.15, -0.1) is 0 Å². The monoisotopic (exact) mass is 414 g/mol. The van der Waals surface area contributed by atoms with E-state index < -0.39 is 20.0 Å². The molecule has 0 aromatic heterocycles. The van der Waals surface area contributed by atoms with Gasteiger partial charge in [-0.3, -0.25) is 4.72 Å². The molecular weight excluding hydrogens is 396 g/mol. The highest BCUT2D eigenvalue weighted by molar-refractivity contribution is 7.91. The zero-order valence-corrected chi connectivity index (χ0v) is 16.5. The van der Waals surface area contributed by atoms with Crippen molar-refractivity contribution in [1.82, 2.24) is 4.31 Å². The molecule has 0 bridgehead atoms. The average molecular weight is 415 g/mol. The van der Waals surface area contributed by atoms with Crippen molar-refractivity contribution in [2.45, 2.75) is 18.7 Å². The van der Waals surface area contributed by atoms with Crippen molar-refractivity contribution in [3.8, 4) is 0 Å². The van der Waals surface area contributed by atoms with E-state index in [0.717, 1.165) is 11.1 Å². The van der Waals surface area contributed by atoms with Crippen LogP contribution in [0.3, 0.4) is 0 Å². The minimum atomic E-state index is -3.59.